The second-order valence-electron chi connectivity index (χ2n) is 5.41. The summed E-state index contributed by atoms with van der Waals surface area (Å²) in [6.45, 7) is 5.06. The number of nitrogens with zero attached hydrogens (tertiary/aromatic N) is 4. The predicted molar refractivity (Wildman–Crippen MR) is 79.9 cm³/mol. The third kappa shape index (κ3) is 3.92. The molecule has 0 fully saturated rings. The molecule has 0 saturated carbocycles. The van der Waals surface area contributed by atoms with Gasteiger partial charge in [0.15, 0.2) is 9.84 Å². The summed E-state index contributed by atoms with van der Waals surface area (Å²) >= 11 is 0. The molecule has 9 heteroatoms. The number of sulfone groups is 1. The van der Waals surface area contributed by atoms with E-state index >= 15 is 0 Å². The minimum Gasteiger partial charge on any atom is -0.377 e. The normalized spacial score (nSPS) is 18.1. The monoisotopic (exact) mass is 328 g/mol. The van der Waals surface area contributed by atoms with Crippen molar-refractivity contribution in [2.24, 2.45) is 7.05 Å². The largest absolute Gasteiger partial charge is 0.377 e. The Balaban J connectivity index is 2.17. The molecule has 1 aromatic rings. The van der Waals surface area contributed by atoms with Gasteiger partial charge < -0.3 is 9.64 Å². The number of amides is 1. The molecule has 1 unspecified atom stereocenters. The summed E-state index contributed by atoms with van der Waals surface area (Å²) in [5.74, 6) is -1.01. The number of fused-ring (bicyclic) bond motifs is 1. The van der Waals surface area contributed by atoms with Gasteiger partial charge in [-0.05, 0) is 0 Å². The predicted octanol–water partition coefficient (Wildman–Crippen LogP) is -0.512. The molecule has 0 aliphatic carbocycles. The minimum atomic E-state index is -3.36. The fourth-order valence-electron chi connectivity index (χ4n) is 2.55. The van der Waals surface area contributed by atoms with Gasteiger partial charge in [-0.15, -0.1) is 11.7 Å². The molecule has 122 valence electrons. The molecule has 0 bridgehead atoms. The third-order valence-corrected chi connectivity index (χ3v) is 4.18. The number of aromatic nitrogens is 3. The van der Waals surface area contributed by atoms with Crippen LogP contribution in [-0.4, -0.2) is 66.0 Å². The zero-order valence-corrected chi connectivity index (χ0v) is 13.5. The molecule has 1 aliphatic rings. The Kier molecular flexibility index (Phi) is 4.97. The van der Waals surface area contributed by atoms with Crippen LogP contribution in [0.4, 0.5) is 0 Å². The highest BCUT2D eigenvalue weighted by Crippen LogP contribution is 2.27. The Morgan fingerprint density at radius 3 is 2.91 bits per heavy atom. The summed E-state index contributed by atoms with van der Waals surface area (Å²) in [7, 11) is -1.57. The van der Waals surface area contributed by atoms with E-state index in [1.54, 1.807) is 17.8 Å². The van der Waals surface area contributed by atoms with Gasteiger partial charge in [-0.3, -0.25) is 9.48 Å². The standard InChI is InChI=1S/C13H20N4O4S/c1-4-5-21-8-10-6-17(12(18)9-22(3,19)20)7-11-13(10)16(2)15-14-11/h4,10H,1,5-9H2,2-3H3. The van der Waals surface area contributed by atoms with E-state index in [-0.39, 0.29) is 12.5 Å². The number of rotatable bonds is 6. The lowest BCUT2D eigenvalue weighted by atomic mass is 9.99. The zero-order valence-electron chi connectivity index (χ0n) is 12.7. The van der Waals surface area contributed by atoms with Crippen molar-refractivity contribution >= 4 is 15.7 Å². The number of carbonyl (C=O) groups is 1. The summed E-state index contributed by atoms with van der Waals surface area (Å²) in [4.78, 5) is 13.6. The molecule has 8 nitrogen and oxygen atoms in total. The van der Waals surface area contributed by atoms with Crippen LogP contribution in [0, 0.1) is 0 Å². The molecule has 1 atom stereocenters. The van der Waals surface area contributed by atoms with Gasteiger partial charge in [-0.25, -0.2) is 8.42 Å². The summed E-state index contributed by atoms with van der Waals surface area (Å²) in [5.41, 5.74) is 1.61. The number of hydrogen-bond acceptors (Lipinski definition) is 6. The van der Waals surface area contributed by atoms with E-state index in [4.69, 9.17) is 4.74 Å². The van der Waals surface area contributed by atoms with Gasteiger partial charge in [0.2, 0.25) is 5.91 Å². The Hall–Kier alpha value is -1.74. The molecule has 0 radical (unpaired) electrons. The van der Waals surface area contributed by atoms with Crippen molar-refractivity contribution in [1.29, 1.82) is 0 Å². The lowest BCUT2D eigenvalue weighted by Crippen LogP contribution is -2.42. The number of hydrogen-bond donors (Lipinski definition) is 0. The Morgan fingerprint density at radius 1 is 1.55 bits per heavy atom. The van der Waals surface area contributed by atoms with Gasteiger partial charge in [-0.1, -0.05) is 11.3 Å². The van der Waals surface area contributed by atoms with Crippen molar-refractivity contribution in [2.75, 3.05) is 31.8 Å². The lowest BCUT2D eigenvalue weighted by Gasteiger charge is -2.32. The Morgan fingerprint density at radius 2 is 2.27 bits per heavy atom. The fourth-order valence-corrected chi connectivity index (χ4v) is 3.18. The molecular formula is C13H20N4O4S. The van der Waals surface area contributed by atoms with Gasteiger partial charge in [0, 0.05) is 25.8 Å². The van der Waals surface area contributed by atoms with E-state index in [0.29, 0.717) is 25.5 Å². The van der Waals surface area contributed by atoms with Crippen molar-refractivity contribution in [2.45, 2.75) is 12.5 Å². The van der Waals surface area contributed by atoms with Gasteiger partial charge >= 0.3 is 0 Å². The highest BCUT2D eigenvalue weighted by Gasteiger charge is 2.33. The smallest absolute Gasteiger partial charge is 0.238 e. The van der Waals surface area contributed by atoms with E-state index in [1.165, 1.54) is 4.90 Å². The van der Waals surface area contributed by atoms with Crippen LogP contribution >= 0.6 is 0 Å². The average Bonchev–Trinajstić information content (AvgIpc) is 2.79. The minimum absolute atomic E-state index is 0.0905. The van der Waals surface area contributed by atoms with Crippen LogP contribution < -0.4 is 0 Å². The maximum atomic E-state index is 12.1. The molecule has 1 aliphatic heterocycles. The molecular weight excluding hydrogens is 308 g/mol. The first-order valence-electron chi connectivity index (χ1n) is 6.84. The fraction of sp³-hybridized carbons (Fsp3) is 0.615. The average molecular weight is 328 g/mol. The summed E-state index contributed by atoms with van der Waals surface area (Å²) in [6.07, 6.45) is 2.70. The summed E-state index contributed by atoms with van der Waals surface area (Å²) in [5, 5.41) is 8.04. The maximum absolute atomic E-state index is 12.1. The molecule has 2 rings (SSSR count). The SMILES string of the molecule is C=CCOCC1CN(C(=O)CS(C)(=O)=O)Cc2nnn(C)c21. The van der Waals surface area contributed by atoms with Crippen LogP contribution in [0.15, 0.2) is 12.7 Å². The van der Waals surface area contributed by atoms with Gasteiger partial charge in [0.05, 0.1) is 25.5 Å². The van der Waals surface area contributed by atoms with Crippen LogP contribution in [0.5, 0.6) is 0 Å². The van der Waals surface area contributed by atoms with Crippen molar-refractivity contribution < 1.29 is 17.9 Å². The first-order valence-corrected chi connectivity index (χ1v) is 8.90. The van der Waals surface area contributed by atoms with Crippen LogP contribution in [0.1, 0.15) is 17.3 Å². The molecule has 0 aromatic carbocycles. The van der Waals surface area contributed by atoms with Crippen LogP contribution in [0.25, 0.3) is 0 Å². The van der Waals surface area contributed by atoms with E-state index in [9.17, 15) is 13.2 Å². The quantitative estimate of drug-likeness (QED) is 0.515. The Labute approximate surface area is 129 Å². The van der Waals surface area contributed by atoms with Crippen molar-refractivity contribution in [3.05, 3.63) is 24.0 Å². The molecule has 1 aromatic heterocycles. The van der Waals surface area contributed by atoms with E-state index < -0.39 is 21.5 Å². The van der Waals surface area contributed by atoms with Crippen LogP contribution in [0.3, 0.4) is 0 Å². The first-order chi connectivity index (χ1) is 10.3. The molecule has 2 heterocycles. The number of carbonyl (C=O) groups excluding carboxylic acids is 1. The highest BCUT2D eigenvalue weighted by molar-refractivity contribution is 7.91. The van der Waals surface area contributed by atoms with Crippen molar-refractivity contribution in [1.82, 2.24) is 19.9 Å². The molecule has 0 N–H and O–H groups in total. The zero-order chi connectivity index (χ0) is 16.3. The van der Waals surface area contributed by atoms with Crippen LogP contribution in [-0.2, 0) is 33.0 Å². The van der Waals surface area contributed by atoms with E-state index in [2.05, 4.69) is 16.9 Å². The van der Waals surface area contributed by atoms with Gasteiger partial charge in [0.25, 0.3) is 0 Å². The molecule has 0 saturated heterocycles. The third-order valence-electron chi connectivity index (χ3n) is 3.41. The highest BCUT2D eigenvalue weighted by atomic mass is 32.2. The summed E-state index contributed by atoms with van der Waals surface area (Å²) in [6, 6.07) is 0. The van der Waals surface area contributed by atoms with Gasteiger partial charge in [0.1, 0.15) is 11.4 Å². The van der Waals surface area contributed by atoms with Crippen molar-refractivity contribution in [3.63, 3.8) is 0 Å². The molecule has 1 amide bonds. The Bertz CT molecular complexity index is 668. The van der Waals surface area contributed by atoms with Crippen LogP contribution in [0.2, 0.25) is 0 Å². The molecule has 0 spiro atoms. The van der Waals surface area contributed by atoms with Crippen molar-refractivity contribution in [3.8, 4) is 0 Å². The van der Waals surface area contributed by atoms with E-state index in [0.717, 1.165) is 11.9 Å². The number of ether oxygens (including phenoxy) is 1. The maximum Gasteiger partial charge on any atom is 0.238 e. The number of aryl methyl sites for hydroxylation is 1. The lowest BCUT2D eigenvalue weighted by molar-refractivity contribution is -0.130. The first kappa shape index (κ1) is 16.6. The second-order valence-corrected chi connectivity index (χ2v) is 7.55. The topological polar surface area (TPSA) is 94.4 Å². The van der Waals surface area contributed by atoms with E-state index in [1.807, 2.05) is 0 Å². The van der Waals surface area contributed by atoms with Gasteiger partial charge in [-0.2, -0.15) is 0 Å². The summed E-state index contributed by atoms with van der Waals surface area (Å²) < 4.78 is 29.8. The second kappa shape index (κ2) is 6.57. The molecule has 22 heavy (non-hydrogen) atoms.